The Morgan fingerprint density at radius 1 is 1.29 bits per heavy atom. The predicted octanol–water partition coefficient (Wildman–Crippen LogP) is 2.02. The zero-order valence-electron chi connectivity index (χ0n) is 12.4. The summed E-state index contributed by atoms with van der Waals surface area (Å²) >= 11 is 1.18. The fraction of sp³-hybridized carbons (Fsp3) is 0.467. The van der Waals surface area contributed by atoms with Crippen LogP contribution in [0.1, 0.15) is 20.8 Å². The van der Waals surface area contributed by atoms with Crippen LogP contribution in [0.4, 0.5) is 0 Å². The maximum atomic E-state index is 12.2. The lowest BCUT2D eigenvalue weighted by atomic mass is 10.0. The van der Waals surface area contributed by atoms with Crippen LogP contribution >= 0.6 is 11.8 Å². The van der Waals surface area contributed by atoms with Gasteiger partial charge in [0, 0.05) is 11.8 Å². The molecule has 0 saturated carbocycles. The molecule has 0 fully saturated rings. The van der Waals surface area contributed by atoms with Crippen molar-refractivity contribution in [3.05, 3.63) is 30.3 Å². The van der Waals surface area contributed by atoms with Crippen LogP contribution in [0.5, 0.6) is 0 Å². The number of thioether (sulfide) groups is 1. The van der Waals surface area contributed by atoms with Gasteiger partial charge in [0.1, 0.15) is 17.5 Å². The van der Waals surface area contributed by atoms with Crippen molar-refractivity contribution in [3.8, 4) is 0 Å². The van der Waals surface area contributed by atoms with E-state index < -0.39 is 22.8 Å². The van der Waals surface area contributed by atoms with E-state index >= 15 is 0 Å². The predicted molar refractivity (Wildman–Crippen MR) is 80.0 cm³/mol. The van der Waals surface area contributed by atoms with E-state index in [-0.39, 0.29) is 13.2 Å². The van der Waals surface area contributed by atoms with Crippen LogP contribution in [0, 0.1) is 0 Å². The maximum Gasteiger partial charge on any atom is 0.325 e. The number of aliphatic hydroxyl groups is 1. The quantitative estimate of drug-likeness (QED) is 0.613. The van der Waals surface area contributed by atoms with Crippen LogP contribution in [0.25, 0.3) is 0 Å². The van der Waals surface area contributed by atoms with Crippen molar-refractivity contribution >= 4 is 23.7 Å². The summed E-state index contributed by atoms with van der Waals surface area (Å²) in [5.41, 5.74) is 0. The van der Waals surface area contributed by atoms with Gasteiger partial charge in [-0.2, -0.15) is 0 Å². The molecular formula is C15H20O5S. The van der Waals surface area contributed by atoms with Crippen LogP contribution in [-0.4, -0.2) is 41.1 Å². The maximum absolute atomic E-state index is 12.2. The van der Waals surface area contributed by atoms with Gasteiger partial charge in [-0.1, -0.05) is 18.2 Å². The van der Waals surface area contributed by atoms with Crippen molar-refractivity contribution in [1.82, 2.24) is 0 Å². The molecule has 0 bridgehead atoms. The number of hydrogen-bond donors (Lipinski definition) is 1. The molecule has 0 radical (unpaired) electrons. The molecule has 0 aromatic heterocycles. The van der Waals surface area contributed by atoms with E-state index in [2.05, 4.69) is 0 Å². The van der Waals surface area contributed by atoms with E-state index in [4.69, 9.17) is 9.47 Å². The zero-order valence-corrected chi connectivity index (χ0v) is 13.2. The monoisotopic (exact) mass is 312 g/mol. The number of rotatable bonds is 7. The van der Waals surface area contributed by atoms with Crippen molar-refractivity contribution in [1.29, 1.82) is 0 Å². The van der Waals surface area contributed by atoms with Crippen LogP contribution in [-0.2, 0) is 19.1 Å². The molecule has 0 aliphatic heterocycles. The number of esters is 2. The number of carbonyl (C=O) groups excluding carboxylic acids is 2. The van der Waals surface area contributed by atoms with E-state index in [9.17, 15) is 14.7 Å². The van der Waals surface area contributed by atoms with Gasteiger partial charge < -0.3 is 14.6 Å². The molecule has 0 amide bonds. The van der Waals surface area contributed by atoms with Gasteiger partial charge in [-0.25, -0.2) is 0 Å². The van der Waals surface area contributed by atoms with Gasteiger partial charge in [-0.15, -0.1) is 11.8 Å². The molecule has 1 aromatic rings. The SMILES string of the molecule is CCOC(=O)[C@@](C)(Sc1ccccc1)[C@H](O)COC(C)=O. The molecule has 116 valence electrons. The third-order valence-corrected chi connectivity index (χ3v) is 4.20. The number of benzene rings is 1. The standard InChI is InChI=1S/C15H20O5S/c1-4-19-14(18)15(3,13(17)10-20-11(2)16)21-12-8-6-5-7-9-12/h5-9,13,17H,4,10H2,1-3H3/t13-,15+/m1/s1. The largest absolute Gasteiger partial charge is 0.465 e. The number of aliphatic hydroxyl groups excluding tert-OH is 1. The van der Waals surface area contributed by atoms with Crippen molar-refractivity contribution in [2.24, 2.45) is 0 Å². The summed E-state index contributed by atoms with van der Waals surface area (Å²) in [4.78, 5) is 23.9. The molecule has 1 N–H and O–H groups in total. The summed E-state index contributed by atoms with van der Waals surface area (Å²) in [6.45, 7) is 4.48. The lowest BCUT2D eigenvalue weighted by Crippen LogP contribution is -2.47. The van der Waals surface area contributed by atoms with Crippen LogP contribution < -0.4 is 0 Å². The Balaban J connectivity index is 2.93. The third-order valence-electron chi connectivity index (χ3n) is 2.83. The second-order valence-corrected chi connectivity index (χ2v) is 6.08. The van der Waals surface area contributed by atoms with Crippen molar-refractivity contribution < 1.29 is 24.2 Å². The number of carbonyl (C=O) groups is 2. The molecule has 21 heavy (non-hydrogen) atoms. The Bertz CT molecular complexity index is 476. The molecule has 2 atom stereocenters. The van der Waals surface area contributed by atoms with Gasteiger partial charge in [0.25, 0.3) is 0 Å². The van der Waals surface area contributed by atoms with Crippen molar-refractivity contribution in [2.75, 3.05) is 13.2 Å². The third kappa shape index (κ3) is 5.06. The second kappa shape index (κ2) is 8.05. The van der Waals surface area contributed by atoms with E-state index in [1.165, 1.54) is 18.7 Å². The fourth-order valence-electron chi connectivity index (χ4n) is 1.61. The molecule has 0 heterocycles. The summed E-state index contributed by atoms with van der Waals surface area (Å²) in [5, 5.41) is 10.3. The van der Waals surface area contributed by atoms with Gasteiger partial charge in [0.2, 0.25) is 0 Å². The van der Waals surface area contributed by atoms with E-state index in [1.54, 1.807) is 13.8 Å². The molecule has 1 aromatic carbocycles. The highest BCUT2D eigenvalue weighted by Gasteiger charge is 2.44. The first kappa shape index (κ1) is 17.5. The number of hydrogen-bond acceptors (Lipinski definition) is 6. The minimum atomic E-state index is -1.26. The van der Waals surface area contributed by atoms with Crippen molar-refractivity contribution in [2.45, 2.75) is 36.5 Å². The van der Waals surface area contributed by atoms with Crippen LogP contribution in [0.15, 0.2) is 35.2 Å². The second-order valence-electron chi connectivity index (χ2n) is 4.56. The molecular weight excluding hydrogens is 292 g/mol. The Kier molecular flexibility index (Phi) is 6.71. The molecule has 0 spiro atoms. The zero-order chi connectivity index (χ0) is 15.9. The van der Waals surface area contributed by atoms with Crippen LogP contribution in [0.3, 0.4) is 0 Å². The van der Waals surface area contributed by atoms with Gasteiger partial charge in [-0.05, 0) is 26.0 Å². The lowest BCUT2D eigenvalue weighted by molar-refractivity contribution is -0.154. The molecule has 0 aliphatic rings. The van der Waals surface area contributed by atoms with Crippen LogP contribution in [0.2, 0.25) is 0 Å². The average molecular weight is 312 g/mol. The molecule has 5 nitrogen and oxygen atoms in total. The Morgan fingerprint density at radius 3 is 2.43 bits per heavy atom. The highest BCUT2D eigenvalue weighted by Crippen LogP contribution is 2.36. The van der Waals surface area contributed by atoms with Crippen molar-refractivity contribution in [3.63, 3.8) is 0 Å². The lowest BCUT2D eigenvalue weighted by Gasteiger charge is -2.31. The fourth-order valence-corrected chi connectivity index (χ4v) is 2.74. The normalized spacial score (nSPS) is 14.9. The van der Waals surface area contributed by atoms with Gasteiger partial charge in [0.05, 0.1) is 6.61 Å². The summed E-state index contributed by atoms with van der Waals surface area (Å²) in [6, 6.07) is 9.21. The molecule has 0 unspecified atom stereocenters. The molecule has 6 heteroatoms. The molecule has 1 rings (SSSR count). The minimum Gasteiger partial charge on any atom is -0.465 e. The smallest absolute Gasteiger partial charge is 0.325 e. The summed E-state index contributed by atoms with van der Waals surface area (Å²) in [5.74, 6) is -1.05. The minimum absolute atomic E-state index is 0.212. The topological polar surface area (TPSA) is 72.8 Å². The first-order valence-electron chi connectivity index (χ1n) is 6.63. The van der Waals surface area contributed by atoms with E-state index in [0.717, 1.165) is 4.90 Å². The summed E-state index contributed by atoms with van der Waals surface area (Å²) in [7, 11) is 0. The molecule has 0 aliphatic carbocycles. The Morgan fingerprint density at radius 2 is 1.90 bits per heavy atom. The number of ether oxygens (including phenoxy) is 2. The van der Waals surface area contributed by atoms with Gasteiger partial charge >= 0.3 is 11.9 Å². The van der Waals surface area contributed by atoms with E-state index in [1.807, 2.05) is 30.3 Å². The Labute approximate surface area is 128 Å². The van der Waals surface area contributed by atoms with E-state index in [0.29, 0.717) is 0 Å². The van der Waals surface area contributed by atoms with Gasteiger partial charge in [-0.3, -0.25) is 9.59 Å². The summed E-state index contributed by atoms with van der Waals surface area (Å²) in [6.07, 6.45) is -1.18. The highest BCUT2D eigenvalue weighted by molar-refractivity contribution is 8.01. The average Bonchev–Trinajstić information content (AvgIpc) is 2.45. The van der Waals surface area contributed by atoms with Gasteiger partial charge in [0.15, 0.2) is 0 Å². The summed E-state index contributed by atoms with van der Waals surface area (Å²) < 4.78 is 8.60. The molecule has 0 saturated heterocycles. The first-order chi connectivity index (χ1) is 9.90. The highest BCUT2D eigenvalue weighted by atomic mass is 32.2. The Hall–Kier alpha value is -1.53. The first-order valence-corrected chi connectivity index (χ1v) is 7.44.